The van der Waals surface area contributed by atoms with Crippen molar-refractivity contribution in [1.82, 2.24) is 19.2 Å². The molecular formula is C32H35F3N4O4S. The van der Waals surface area contributed by atoms with Crippen LogP contribution in [0.1, 0.15) is 71.6 Å². The van der Waals surface area contributed by atoms with E-state index in [1.165, 1.54) is 18.2 Å². The number of imidazole rings is 1. The van der Waals surface area contributed by atoms with Crippen LogP contribution in [0.2, 0.25) is 0 Å². The molecule has 1 N–H and O–H groups in total. The second-order valence-corrected chi connectivity index (χ2v) is 12.3. The van der Waals surface area contributed by atoms with Gasteiger partial charge in [-0.2, -0.15) is 21.6 Å². The molecule has 0 saturated carbocycles. The van der Waals surface area contributed by atoms with Gasteiger partial charge in [0.1, 0.15) is 5.82 Å². The topological polar surface area (TPSA) is 101 Å². The lowest BCUT2D eigenvalue weighted by molar-refractivity contribution is -0.0446. The number of sulfonamides is 1. The van der Waals surface area contributed by atoms with Crippen LogP contribution in [0.3, 0.4) is 0 Å². The Hall–Kier alpha value is -4.19. The van der Waals surface area contributed by atoms with Crippen LogP contribution in [0, 0.1) is 0 Å². The van der Waals surface area contributed by atoms with E-state index in [1.807, 2.05) is 24.3 Å². The number of hydrogen-bond donors (Lipinski definition) is 1. The fourth-order valence-corrected chi connectivity index (χ4v) is 5.33. The summed E-state index contributed by atoms with van der Waals surface area (Å²) in [6.45, 7) is 5.30. The van der Waals surface area contributed by atoms with Crippen LogP contribution >= 0.6 is 0 Å². The third kappa shape index (κ3) is 7.29. The minimum absolute atomic E-state index is 0.0571. The van der Waals surface area contributed by atoms with Gasteiger partial charge in [-0.15, -0.1) is 0 Å². The molecule has 0 radical (unpaired) electrons. The molecule has 44 heavy (non-hydrogen) atoms. The monoisotopic (exact) mass is 628 g/mol. The molecule has 0 aliphatic rings. The Balaban J connectivity index is 1.64. The number of fused-ring (bicyclic) bond motifs is 1. The van der Waals surface area contributed by atoms with E-state index in [0.717, 1.165) is 59.2 Å². The summed E-state index contributed by atoms with van der Waals surface area (Å²) in [7, 11) is -4.06. The molecule has 0 spiro atoms. The van der Waals surface area contributed by atoms with Crippen molar-refractivity contribution in [1.29, 1.82) is 0 Å². The average Bonchev–Trinajstić information content (AvgIpc) is 3.34. The number of hydrogen-bond acceptors (Lipinski definition) is 5. The first-order valence-electron chi connectivity index (χ1n) is 14.4. The smallest absolute Gasteiger partial charge is 0.342 e. The Morgan fingerprint density at radius 3 is 2.30 bits per heavy atom. The maximum absolute atomic E-state index is 13.1. The van der Waals surface area contributed by atoms with Gasteiger partial charge in [0.05, 0.1) is 11.0 Å². The fourth-order valence-electron chi connectivity index (χ4n) is 4.87. The molecule has 2 amide bonds. The summed E-state index contributed by atoms with van der Waals surface area (Å²) in [6, 6.07) is 18.5. The van der Waals surface area contributed by atoms with Crippen LogP contribution in [0.4, 0.5) is 13.2 Å². The van der Waals surface area contributed by atoms with E-state index < -0.39 is 21.4 Å². The summed E-state index contributed by atoms with van der Waals surface area (Å²) in [5.41, 5.74) is -1.93. The van der Waals surface area contributed by atoms with Crippen LogP contribution in [-0.2, 0) is 23.0 Å². The molecule has 4 aromatic rings. The van der Waals surface area contributed by atoms with Gasteiger partial charge in [0, 0.05) is 37.7 Å². The van der Waals surface area contributed by atoms with Crippen molar-refractivity contribution in [2.24, 2.45) is 0 Å². The number of nitrogens with one attached hydrogen (secondary N) is 1. The molecule has 3 aromatic carbocycles. The van der Waals surface area contributed by atoms with E-state index in [-0.39, 0.29) is 17.0 Å². The van der Waals surface area contributed by atoms with Crippen LogP contribution in [0.15, 0.2) is 66.7 Å². The van der Waals surface area contributed by atoms with E-state index in [2.05, 4.69) is 18.4 Å². The summed E-state index contributed by atoms with van der Waals surface area (Å²) in [6.07, 6.45) is 4.59. The highest BCUT2D eigenvalue weighted by Crippen LogP contribution is 2.28. The van der Waals surface area contributed by atoms with Crippen molar-refractivity contribution in [3.63, 3.8) is 0 Å². The molecule has 4 rings (SSSR count). The molecule has 0 atom stereocenters. The standard InChI is InChI=1S/C32H35F3N4O4S/c1-4-6-12-29-36-27-18-17-24(31(41)38(3)19-7-5-2)20-28(27)39(29)21-22-13-15-23(16-14-22)25-10-8-9-11-26(25)30(40)37-44(42,43)32(33,34)35/h8-11,13-18,20H,4-7,12,19,21H2,1-3H3,(H,37,40). The SMILES string of the molecule is CCCCc1nc2ccc(C(=O)N(C)CCCC)cc2n1Cc1ccc(-c2ccccc2C(=O)NS(=O)(=O)C(F)(F)F)cc1. The Bertz CT molecular complexity index is 1750. The number of carbonyl (C=O) groups is 2. The quantitative estimate of drug-likeness (QED) is 0.192. The molecular weight excluding hydrogens is 593 g/mol. The van der Waals surface area contributed by atoms with Crippen molar-refractivity contribution in [2.45, 2.75) is 58.0 Å². The van der Waals surface area contributed by atoms with Gasteiger partial charge in [0.25, 0.3) is 11.8 Å². The molecule has 0 fully saturated rings. The van der Waals surface area contributed by atoms with Crippen LogP contribution in [0.25, 0.3) is 22.2 Å². The van der Waals surface area contributed by atoms with Gasteiger partial charge < -0.3 is 9.47 Å². The number of nitrogens with zero attached hydrogens (tertiary/aromatic N) is 3. The summed E-state index contributed by atoms with van der Waals surface area (Å²) in [5, 5.41) is 0. The van der Waals surface area contributed by atoms with Crippen molar-refractivity contribution in [3.8, 4) is 11.1 Å². The van der Waals surface area contributed by atoms with Crippen LogP contribution < -0.4 is 4.72 Å². The minimum Gasteiger partial charge on any atom is -0.342 e. The maximum atomic E-state index is 13.1. The first-order chi connectivity index (χ1) is 20.9. The van der Waals surface area contributed by atoms with Gasteiger partial charge in [-0.25, -0.2) is 9.71 Å². The van der Waals surface area contributed by atoms with E-state index >= 15 is 0 Å². The van der Waals surface area contributed by atoms with Gasteiger partial charge in [-0.1, -0.05) is 69.2 Å². The Kier molecular flexibility index (Phi) is 10.1. The predicted octanol–water partition coefficient (Wildman–Crippen LogP) is 6.55. The van der Waals surface area contributed by atoms with E-state index in [0.29, 0.717) is 24.2 Å². The number of benzene rings is 3. The average molecular weight is 629 g/mol. The highest BCUT2D eigenvalue weighted by molar-refractivity contribution is 7.90. The summed E-state index contributed by atoms with van der Waals surface area (Å²) in [5.74, 6) is -0.542. The molecule has 8 nitrogen and oxygen atoms in total. The first-order valence-corrected chi connectivity index (χ1v) is 15.9. The number of alkyl halides is 3. The zero-order valence-corrected chi connectivity index (χ0v) is 25.6. The second kappa shape index (κ2) is 13.6. The van der Waals surface area contributed by atoms with Crippen molar-refractivity contribution < 1.29 is 31.2 Å². The normalized spacial score (nSPS) is 12.0. The molecule has 12 heteroatoms. The molecule has 0 aliphatic carbocycles. The number of aromatic nitrogens is 2. The summed E-state index contributed by atoms with van der Waals surface area (Å²) in [4.78, 5) is 32.2. The molecule has 0 saturated heterocycles. The number of carbonyl (C=O) groups excluding carboxylic acids is 2. The molecule has 0 unspecified atom stereocenters. The molecule has 0 aliphatic heterocycles. The van der Waals surface area contributed by atoms with Gasteiger partial charge in [0.2, 0.25) is 0 Å². The summed E-state index contributed by atoms with van der Waals surface area (Å²) >= 11 is 0. The van der Waals surface area contributed by atoms with Gasteiger partial charge in [-0.05, 0) is 53.8 Å². The lowest BCUT2D eigenvalue weighted by atomic mass is 9.98. The number of amides is 2. The van der Waals surface area contributed by atoms with Crippen molar-refractivity contribution >= 4 is 32.9 Å². The highest BCUT2D eigenvalue weighted by Gasteiger charge is 2.47. The van der Waals surface area contributed by atoms with Crippen LogP contribution in [0.5, 0.6) is 0 Å². The molecule has 0 bridgehead atoms. The lowest BCUT2D eigenvalue weighted by Gasteiger charge is -2.17. The van der Waals surface area contributed by atoms with Gasteiger partial charge in [-0.3, -0.25) is 9.59 Å². The number of aryl methyl sites for hydroxylation is 1. The zero-order chi connectivity index (χ0) is 32.1. The number of halogens is 3. The van der Waals surface area contributed by atoms with E-state index in [9.17, 15) is 31.2 Å². The summed E-state index contributed by atoms with van der Waals surface area (Å²) < 4.78 is 64.7. The number of unbranched alkanes of at least 4 members (excludes halogenated alkanes) is 2. The number of rotatable bonds is 12. The maximum Gasteiger partial charge on any atom is 0.516 e. The van der Waals surface area contributed by atoms with E-state index in [1.54, 1.807) is 36.2 Å². The minimum atomic E-state index is -5.86. The van der Waals surface area contributed by atoms with Crippen molar-refractivity contribution in [3.05, 3.63) is 89.2 Å². The zero-order valence-electron chi connectivity index (χ0n) is 24.8. The second-order valence-electron chi connectivity index (χ2n) is 10.6. The fraction of sp³-hybridized carbons (Fsp3) is 0.344. The molecule has 234 valence electrons. The molecule has 1 aromatic heterocycles. The first kappa shape index (κ1) is 32.7. The Labute approximate surface area is 255 Å². The van der Waals surface area contributed by atoms with Gasteiger partial charge >= 0.3 is 15.5 Å². The third-order valence-electron chi connectivity index (χ3n) is 7.33. The largest absolute Gasteiger partial charge is 0.516 e. The van der Waals surface area contributed by atoms with Gasteiger partial charge in [0.15, 0.2) is 0 Å². The Morgan fingerprint density at radius 2 is 1.64 bits per heavy atom. The third-order valence-corrected chi connectivity index (χ3v) is 8.39. The Morgan fingerprint density at radius 1 is 0.955 bits per heavy atom. The van der Waals surface area contributed by atoms with Crippen LogP contribution in [-0.4, -0.2) is 53.8 Å². The van der Waals surface area contributed by atoms with E-state index in [4.69, 9.17) is 4.98 Å². The molecule has 1 heterocycles. The lowest BCUT2D eigenvalue weighted by Crippen LogP contribution is -2.40. The highest BCUT2D eigenvalue weighted by atomic mass is 32.2. The van der Waals surface area contributed by atoms with Crippen molar-refractivity contribution in [2.75, 3.05) is 13.6 Å². The predicted molar refractivity (Wildman–Crippen MR) is 164 cm³/mol.